The SMILES string of the molecule is COc1ccccc1Nc1nc(-c2cccs2)c(CC(=O)O)s1. The number of hydrogen-bond acceptors (Lipinski definition) is 6. The zero-order valence-corrected chi connectivity index (χ0v) is 13.9. The van der Waals surface area contributed by atoms with Crippen molar-refractivity contribution in [2.24, 2.45) is 0 Å². The average Bonchev–Trinajstić information content (AvgIpc) is 3.17. The molecular weight excluding hydrogens is 332 g/mol. The van der Waals surface area contributed by atoms with E-state index in [2.05, 4.69) is 10.3 Å². The van der Waals surface area contributed by atoms with Gasteiger partial charge in [0.25, 0.3) is 0 Å². The zero-order chi connectivity index (χ0) is 16.2. The molecule has 0 bridgehead atoms. The highest BCUT2D eigenvalue weighted by Crippen LogP contribution is 2.36. The van der Waals surface area contributed by atoms with Crippen molar-refractivity contribution in [2.75, 3.05) is 12.4 Å². The van der Waals surface area contributed by atoms with Crippen LogP contribution in [0.4, 0.5) is 10.8 Å². The first-order valence-corrected chi connectivity index (χ1v) is 8.52. The summed E-state index contributed by atoms with van der Waals surface area (Å²) in [5, 5.41) is 14.9. The van der Waals surface area contributed by atoms with Gasteiger partial charge < -0.3 is 15.2 Å². The second kappa shape index (κ2) is 6.80. The predicted octanol–water partition coefficient (Wildman–Crippen LogP) is 4.25. The molecule has 0 atom stereocenters. The lowest BCUT2D eigenvalue weighted by Gasteiger charge is -2.07. The lowest BCUT2D eigenvalue weighted by Crippen LogP contribution is -1.98. The normalized spacial score (nSPS) is 10.5. The van der Waals surface area contributed by atoms with Gasteiger partial charge in [-0.3, -0.25) is 4.79 Å². The number of methoxy groups -OCH3 is 1. The molecule has 2 heterocycles. The first kappa shape index (κ1) is 15.5. The molecule has 0 fully saturated rings. The maximum Gasteiger partial charge on any atom is 0.308 e. The third-order valence-corrected chi connectivity index (χ3v) is 4.96. The molecule has 2 N–H and O–H groups in total. The Labute approximate surface area is 141 Å². The number of aromatic nitrogens is 1. The van der Waals surface area contributed by atoms with E-state index in [0.29, 0.717) is 10.9 Å². The van der Waals surface area contributed by atoms with Gasteiger partial charge in [0, 0.05) is 4.88 Å². The Morgan fingerprint density at radius 1 is 1.30 bits per heavy atom. The van der Waals surface area contributed by atoms with Gasteiger partial charge >= 0.3 is 5.97 Å². The molecule has 0 radical (unpaired) electrons. The van der Waals surface area contributed by atoms with Crippen LogP contribution in [0.2, 0.25) is 0 Å². The van der Waals surface area contributed by atoms with Gasteiger partial charge in [0.05, 0.1) is 29.8 Å². The number of nitrogens with zero attached hydrogens (tertiary/aromatic N) is 1. The van der Waals surface area contributed by atoms with Gasteiger partial charge in [0.2, 0.25) is 0 Å². The molecule has 0 aliphatic carbocycles. The third kappa shape index (κ3) is 3.52. The number of carbonyl (C=O) groups is 1. The summed E-state index contributed by atoms with van der Waals surface area (Å²) < 4.78 is 5.31. The topological polar surface area (TPSA) is 71.5 Å². The van der Waals surface area contributed by atoms with Crippen LogP contribution in [0.1, 0.15) is 4.88 Å². The third-order valence-electron chi connectivity index (χ3n) is 3.11. The van der Waals surface area contributed by atoms with Crippen molar-refractivity contribution in [3.63, 3.8) is 0 Å². The standard InChI is InChI=1S/C16H14N2O3S2/c1-21-11-6-3-2-5-10(11)17-16-18-15(12-7-4-8-22-12)13(23-16)9-14(19)20/h2-8H,9H2,1H3,(H,17,18)(H,19,20). The number of carboxylic acids is 1. The van der Waals surface area contributed by atoms with Gasteiger partial charge in [0.15, 0.2) is 5.13 Å². The fraction of sp³-hybridized carbons (Fsp3) is 0.125. The number of ether oxygens (including phenoxy) is 1. The van der Waals surface area contributed by atoms with E-state index in [1.54, 1.807) is 18.4 Å². The summed E-state index contributed by atoms with van der Waals surface area (Å²) in [5.41, 5.74) is 1.52. The van der Waals surface area contributed by atoms with Gasteiger partial charge in [-0.2, -0.15) is 0 Å². The molecule has 7 heteroatoms. The van der Waals surface area contributed by atoms with Crippen molar-refractivity contribution in [2.45, 2.75) is 6.42 Å². The quantitative estimate of drug-likeness (QED) is 0.698. The second-order valence-electron chi connectivity index (χ2n) is 4.66. The van der Waals surface area contributed by atoms with E-state index in [9.17, 15) is 4.79 Å². The summed E-state index contributed by atoms with van der Waals surface area (Å²) in [5.74, 6) is -0.157. The van der Waals surface area contributed by atoms with E-state index in [0.717, 1.165) is 21.1 Å². The Morgan fingerprint density at radius 2 is 2.13 bits per heavy atom. The van der Waals surface area contributed by atoms with E-state index in [1.165, 1.54) is 11.3 Å². The highest BCUT2D eigenvalue weighted by atomic mass is 32.1. The first-order chi connectivity index (χ1) is 11.2. The fourth-order valence-corrected chi connectivity index (χ4v) is 3.92. The fourth-order valence-electron chi connectivity index (χ4n) is 2.13. The molecule has 2 aromatic heterocycles. The molecule has 0 spiro atoms. The molecular formula is C16H14N2O3S2. The molecule has 0 amide bonds. The predicted molar refractivity (Wildman–Crippen MR) is 93.0 cm³/mol. The number of thiazole rings is 1. The summed E-state index contributed by atoms with van der Waals surface area (Å²) >= 11 is 2.89. The molecule has 0 saturated heterocycles. The number of benzene rings is 1. The summed E-state index contributed by atoms with van der Waals surface area (Å²) in [4.78, 5) is 17.4. The summed E-state index contributed by atoms with van der Waals surface area (Å²) in [6, 6.07) is 11.4. The van der Waals surface area contributed by atoms with E-state index in [4.69, 9.17) is 9.84 Å². The van der Waals surface area contributed by atoms with Gasteiger partial charge in [-0.15, -0.1) is 22.7 Å². The number of nitrogens with one attached hydrogen (secondary N) is 1. The van der Waals surface area contributed by atoms with Crippen molar-refractivity contribution in [3.8, 4) is 16.3 Å². The zero-order valence-electron chi connectivity index (χ0n) is 12.3. The van der Waals surface area contributed by atoms with Crippen LogP contribution in [0.5, 0.6) is 5.75 Å². The molecule has 5 nitrogen and oxygen atoms in total. The van der Waals surface area contributed by atoms with Crippen LogP contribution in [0.25, 0.3) is 10.6 Å². The Hall–Kier alpha value is -2.38. The smallest absolute Gasteiger partial charge is 0.308 e. The van der Waals surface area contributed by atoms with E-state index < -0.39 is 5.97 Å². The summed E-state index contributed by atoms with van der Waals surface area (Å²) in [6.45, 7) is 0. The largest absolute Gasteiger partial charge is 0.495 e. The van der Waals surface area contributed by atoms with Crippen LogP contribution in [0.3, 0.4) is 0 Å². The number of carboxylic acid groups (broad SMARTS) is 1. The molecule has 0 unspecified atom stereocenters. The molecule has 23 heavy (non-hydrogen) atoms. The van der Waals surface area contributed by atoms with Crippen molar-refractivity contribution in [3.05, 3.63) is 46.7 Å². The maximum atomic E-state index is 11.1. The molecule has 0 aliphatic rings. The number of para-hydroxylation sites is 2. The van der Waals surface area contributed by atoms with Gasteiger partial charge in [-0.25, -0.2) is 4.98 Å². The second-order valence-corrected chi connectivity index (χ2v) is 6.70. The monoisotopic (exact) mass is 346 g/mol. The van der Waals surface area contributed by atoms with Crippen molar-refractivity contribution < 1.29 is 14.6 Å². The summed E-state index contributed by atoms with van der Waals surface area (Å²) in [7, 11) is 1.61. The van der Waals surface area contributed by atoms with Gasteiger partial charge in [-0.1, -0.05) is 18.2 Å². The van der Waals surface area contributed by atoms with Crippen molar-refractivity contribution in [1.29, 1.82) is 0 Å². The van der Waals surface area contributed by atoms with Crippen LogP contribution in [0, 0.1) is 0 Å². The highest BCUT2D eigenvalue weighted by molar-refractivity contribution is 7.17. The number of thiophene rings is 1. The Balaban J connectivity index is 1.95. The molecule has 3 aromatic rings. The van der Waals surface area contributed by atoms with Crippen LogP contribution in [-0.4, -0.2) is 23.2 Å². The van der Waals surface area contributed by atoms with E-state index >= 15 is 0 Å². The first-order valence-electron chi connectivity index (χ1n) is 6.83. The molecule has 0 aliphatic heterocycles. The van der Waals surface area contributed by atoms with Crippen LogP contribution in [-0.2, 0) is 11.2 Å². The maximum absolute atomic E-state index is 11.1. The summed E-state index contributed by atoms with van der Waals surface area (Å²) in [6.07, 6.45) is -0.0432. The lowest BCUT2D eigenvalue weighted by molar-refractivity contribution is -0.136. The van der Waals surface area contributed by atoms with Crippen LogP contribution in [0.15, 0.2) is 41.8 Å². The van der Waals surface area contributed by atoms with Crippen LogP contribution < -0.4 is 10.1 Å². The minimum atomic E-state index is -0.865. The Morgan fingerprint density at radius 3 is 2.83 bits per heavy atom. The average molecular weight is 346 g/mol. The minimum Gasteiger partial charge on any atom is -0.495 e. The molecule has 3 rings (SSSR count). The van der Waals surface area contributed by atoms with Crippen molar-refractivity contribution >= 4 is 39.5 Å². The number of rotatable bonds is 6. The highest BCUT2D eigenvalue weighted by Gasteiger charge is 2.17. The van der Waals surface area contributed by atoms with Crippen LogP contribution >= 0.6 is 22.7 Å². The molecule has 118 valence electrons. The number of aliphatic carboxylic acids is 1. The van der Waals surface area contributed by atoms with Gasteiger partial charge in [0.1, 0.15) is 5.75 Å². The molecule has 1 aromatic carbocycles. The van der Waals surface area contributed by atoms with E-state index in [1.807, 2.05) is 41.8 Å². The lowest BCUT2D eigenvalue weighted by atomic mass is 10.2. The Bertz CT molecular complexity index is 813. The van der Waals surface area contributed by atoms with E-state index in [-0.39, 0.29) is 6.42 Å². The number of hydrogen-bond donors (Lipinski definition) is 2. The number of anilines is 2. The van der Waals surface area contributed by atoms with Gasteiger partial charge in [-0.05, 0) is 23.6 Å². The Kier molecular flexibility index (Phi) is 4.59. The minimum absolute atomic E-state index is 0.0432. The molecule has 0 saturated carbocycles. The van der Waals surface area contributed by atoms with Crippen molar-refractivity contribution in [1.82, 2.24) is 4.98 Å².